The minimum Gasteiger partial charge on any atom is -0.355 e. The van der Waals surface area contributed by atoms with E-state index in [0.717, 1.165) is 21.0 Å². The summed E-state index contributed by atoms with van der Waals surface area (Å²) >= 11 is 0. The van der Waals surface area contributed by atoms with Gasteiger partial charge in [-0.05, 0) is 79.8 Å². The lowest BCUT2D eigenvalue weighted by atomic mass is 10.1. The Morgan fingerprint density at radius 1 is 0.938 bits per heavy atom. The summed E-state index contributed by atoms with van der Waals surface area (Å²) in [5.74, 6) is -0.670. The SMILES string of the molecule is Cc1cc(C)cc(N(CC(=O)NCCCc2ccc(F)cc2)S(=O)(=O)c2ccccc2)c1. The summed E-state index contributed by atoms with van der Waals surface area (Å²) in [6.07, 6.45) is 1.34. The zero-order chi connectivity index (χ0) is 23.1. The number of hydrogen-bond donors (Lipinski definition) is 1. The van der Waals surface area contributed by atoms with Gasteiger partial charge in [0, 0.05) is 6.54 Å². The fourth-order valence-electron chi connectivity index (χ4n) is 3.49. The molecule has 7 heteroatoms. The van der Waals surface area contributed by atoms with Crippen molar-refractivity contribution < 1.29 is 17.6 Å². The molecular weight excluding hydrogens is 427 g/mol. The van der Waals surface area contributed by atoms with Crippen molar-refractivity contribution >= 4 is 21.6 Å². The molecule has 1 N–H and O–H groups in total. The van der Waals surface area contributed by atoms with Gasteiger partial charge in [0.15, 0.2) is 0 Å². The summed E-state index contributed by atoms with van der Waals surface area (Å²) in [6, 6.07) is 19.8. The van der Waals surface area contributed by atoms with Gasteiger partial charge in [0.2, 0.25) is 5.91 Å². The number of aryl methyl sites for hydroxylation is 3. The van der Waals surface area contributed by atoms with Crippen LogP contribution in [0.4, 0.5) is 10.1 Å². The second-order valence-corrected chi connectivity index (χ2v) is 9.61. The van der Waals surface area contributed by atoms with Crippen LogP contribution in [0.1, 0.15) is 23.1 Å². The molecule has 3 aromatic rings. The Morgan fingerprint density at radius 3 is 2.19 bits per heavy atom. The predicted octanol–water partition coefficient (Wildman–Crippen LogP) is 4.39. The molecule has 32 heavy (non-hydrogen) atoms. The molecule has 168 valence electrons. The zero-order valence-corrected chi connectivity index (χ0v) is 19.0. The van der Waals surface area contributed by atoms with E-state index >= 15 is 0 Å². The van der Waals surface area contributed by atoms with Gasteiger partial charge in [-0.2, -0.15) is 0 Å². The fourth-order valence-corrected chi connectivity index (χ4v) is 4.91. The number of benzene rings is 3. The van der Waals surface area contributed by atoms with Crippen molar-refractivity contribution in [2.24, 2.45) is 0 Å². The maximum absolute atomic E-state index is 13.3. The first kappa shape index (κ1) is 23.5. The summed E-state index contributed by atoms with van der Waals surface area (Å²) < 4.78 is 40.8. The highest BCUT2D eigenvalue weighted by Crippen LogP contribution is 2.25. The molecule has 0 heterocycles. The maximum Gasteiger partial charge on any atom is 0.264 e. The number of carbonyl (C=O) groups is 1. The molecule has 3 rings (SSSR count). The molecule has 0 saturated heterocycles. The first-order chi connectivity index (χ1) is 15.3. The summed E-state index contributed by atoms with van der Waals surface area (Å²) in [5, 5.41) is 2.80. The molecule has 0 aromatic heterocycles. The first-order valence-electron chi connectivity index (χ1n) is 10.4. The molecule has 0 spiro atoms. The highest BCUT2D eigenvalue weighted by Gasteiger charge is 2.27. The van der Waals surface area contributed by atoms with Crippen LogP contribution < -0.4 is 9.62 Å². The Morgan fingerprint density at radius 2 is 1.56 bits per heavy atom. The number of rotatable bonds is 9. The number of anilines is 1. The van der Waals surface area contributed by atoms with Crippen molar-refractivity contribution in [2.45, 2.75) is 31.6 Å². The Labute approximate surface area is 188 Å². The van der Waals surface area contributed by atoms with Gasteiger partial charge in [0.1, 0.15) is 12.4 Å². The third-order valence-corrected chi connectivity index (χ3v) is 6.78. The smallest absolute Gasteiger partial charge is 0.264 e. The van der Waals surface area contributed by atoms with E-state index in [0.29, 0.717) is 25.1 Å². The van der Waals surface area contributed by atoms with Crippen LogP contribution in [0.2, 0.25) is 0 Å². The van der Waals surface area contributed by atoms with E-state index in [1.807, 2.05) is 19.9 Å². The van der Waals surface area contributed by atoms with Gasteiger partial charge < -0.3 is 5.32 Å². The van der Waals surface area contributed by atoms with Crippen LogP contribution in [0.3, 0.4) is 0 Å². The second kappa shape index (κ2) is 10.4. The van der Waals surface area contributed by atoms with E-state index in [-0.39, 0.29) is 23.2 Å². The van der Waals surface area contributed by atoms with Gasteiger partial charge in [0.25, 0.3) is 10.0 Å². The molecule has 0 fully saturated rings. The molecule has 3 aromatic carbocycles. The molecule has 0 radical (unpaired) electrons. The quantitative estimate of drug-likeness (QED) is 0.488. The van der Waals surface area contributed by atoms with Gasteiger partial charge in [-0.3, -0.25) is 9.10 Å². The number of nitrogens with zero attached hydrogens (tertiary/aromatic N) is 1. The van der Waals surface area contributed by atoms with Crippen LogP contribution in [-0.2, 0) is 21.2 Å². The maximum atomic E-state index is 13.3. The van der Waals surface area contributed by atoms with Crippen molar-refractivity contribution in [3.05, 3.63) is 95.3 Å². The van der Waals surface area contributed by atoms with E-state index in [4.69, 9.17) is 0 Å². The normalized spacial score (nSPS) is 11.2. The van der Waals surface area contributed by atoms with Crippen LogP contribution >= 0.6 is 0 Å². The van der Waals surface area contributed by atoms with E-state index < -0.39 is 10.0 Å². The zero-order valence-electron chi connectivity index (χ0n) is 18.2. The van der Waals surface area contributed by atoms with Crippen LogP contribution in [0.25, 0.3) is 0 Å². The summed E-state index contributed by atoms with van der Waals surface area (Å²) in [5.41, 5.74) is 3.25. The van der Waals surface area contributed by atoms with Crippen molar-refractivity contribution in [3.63, 3.8) is 0 Å². The topological polar surface area (TPSA) is 66.5 Å². The van der Waals surface area contributed by atoms with Crippen molar-refractivity contribution in [1.82, 2.24) is 5.32 Å². The molecular formula is C25H27FN2O3S. The average molecular weight is 455 g/mol. The van der Waals surface area contributed by atoms with Gasteiger partial charge in [-0.15, -0.1) is 0 Å². The lowest BCUT2D eigenvalue weighted by Crippen LogP contribution is -2.41. The molecule has 0 bridgehead atoms. The first-order valence-corrected chi connectivity index (χ1v) is 11.9. The van der Waals surface area contributed by atoms with Gasteiger partial charge >= 0.3 is 0 Å². The van der Waals surface area contributed by atoms with E-state index in [2.05, 4.69) is 5.32 Å². The molecule has 0 aliphatic heterocycles. The minimum atomic E-state index is -3.92. The Hall–Kier alpha value is -3.19. The number of amides is 1. The lowest BCUT2D eigenvalue weighted by molar-refractivity contribution is -0.119. The number of halogens is 1. The lowest BCUT2D eigenvalue weighted by Gasteiger charge is -2.25. The predicted molar refractivity (Wildman–Crippen MR) is 125 cm³/mol. The molecule has 0 saturated carbocycles. The third-order valence-electron chi connectivity index (χ3n) is 4.99. The molecule has 0 aliphatic rings. The Kier molecular flexibility index (Phi) is 7.64. The van der Waals surface area contributed by atoms with E-state index in [1.165, 1.54) is 24.3 Å². The monoisotopic (exact) mass is 454 g/mol. The fraction of sp³-hybridized carbons (Fsp3) is 0.240. The number of hydrogen-bond acceptors (Lipinski definition) is 3. The average Bonchev–Trinajstić information content (AvgIpc) is 2.76. The van der Waals surface area contributed by atoms with Crippen LogP contribution in [0.5, 0.6) is 0 Å². The molecule has 0 atom stereocenters. The molecule has 0 aliphatic carbocycles. The largest absolute Gasteiger partial charge is 0.355 e. The van der Waals surface area contributed by atoms with Crippen molar-refractivity contribution in [3.8, 4) is 0 Å². The standard InChI is InChI=1S/C25H27FN2O3S/c1-19-15-20(2)17-23(16-19)28(32(30,31)24-8-4-3-5-9-24)18-25(29)27-14-6-7-21-10-12-22(26)13-11-21/h3-5,8-13,15-17H,6-7,14,18H2,1-2H3,(H,27,29). The highest BCUT2D eigenvalue weighted by atomic mass is 32.2. The van der Waals surface area contributed by atoms with E-state index in [1.54, 1.807) is 42.5 Å². The molecule has 5 nitrogen and oxygen atoms in total. The second-order valence-electron chi connectivity index (χ2n) is 7.75. The van der Waals surface area contributed by atoms with Gasteiger partial charge in [-0.25, -0.2) is 12.8 Å². The Bertz CT molecular complexity index is 1140. The molecule has 1 amide bonds. The summed E-state index contributed by atoms with van der Waals surface area (Å²) in [6.45, 7) is 3.84. The minimum absolute atomic E-state index is 0.128. The highest BCUT2D eigenvalue weighted by molar-refractivity contribution is 7.92. The third kappa shape index (κ3) is 6.17. The van der Waals surface area contributed by atoms with Crippen LogP contribution in [0, 0.1) is 19.7 Å². The van der Waals surface area contributed by atoms with Crippen LogP contribution in [0.15, 0.2) is 77.7 Å². The van der Waals surface area contributed by atoms with Crippen molar-refractivity contribution in [1.29, 1.82) is 0 Å². The molecule has 0 unspecified atom stereocenters. The van der Waals surface area contributed by atoms with Gasteiger partial charge in [-0.1, -0.05) is 36.4 Å². The van der Waals surface area contributed by atoms with Crippen molar-refractivity contribution in [2.75, 3.05) is 17.4 Å². The number of nitrogens with one attached hydrogen (secondary N) is 1. The summed E-state index contributed by atoms with van der Waals surface area (Å²) in [4.78, 5) is 12.8. The summed E-state index contributed by atoms with van der Waals surface area (Å²) in [7, 11) is -3.92. The number of carbonyl (C=O) groups excluding carboxylic acids is 1. The number of sulfonamides is 1. The Balaban J connectivity index is 1.72. The van der Waals surface area contributed by atoms with Crippen LogP contribution in [-0.4, -0.2) is 27.4 Å². The van der Waals surface area contributed by atoms with E-state index in [9.17, 15) is 17.6 Å². The van der Waals surface area contributed by atoms with Gasteiger partial charge in [0.05, 0.1) is 10.6 Å².